The third-order valence-corrected chi connectivity index (χ3v) is 4.13. The number of hydrogen-bond donors (Lipinski definition) is 2. The molecule has 2 aromatic rings. The summed E-state index contributed by atoms with van der Waals surface area (Å²) in [6.07, 6.45) is -3.89. The summed E-state index contributed by atoms with van der Waals surface area (Å²) in [6.45, 7) is 0.704. The maximum Gasteiger partial charge on any atom is 0.422 e. The topological polar surface area (TPSA) is 111 Å². The van der Waals surface area contributed by atoms with Crippen LogP contribution in [-0.2, 0) is 0 Å². The number of carbonyl (C=O) groups is 2. The lowest BCUT2D eigenvalue weighted by Gasteiger charge is -2.12. The van der Waals surface area contributed by atoms with Crippen molar-refractivity contribution in [3.05, 3.63) is 62.7 Å². The highest BCUT2D eigenvalue weighted by atomic mass is 35.5. The van der Waals surface area contributed by atoms with Crippen molar-refractivity contribution < 1.29 is 32.4 Å². The Kier molecular flexibility index (Phi) is 7.81. The molecule has 2 rings (SSSR count). The normalized spacial score (nSPS) is 11.0. The molecule has 0 aliphatic heterocycles. The summed E-state index contributed by atoms with van der Waals surface area (Å²) in [4.78, 5) is 34.9. The van der Waals surface area contributed by atoms with Crippen molar-refractivity contribution in [1.29, 1.82) is 0 Å². The van der Waals surface area contributed by atoms with E-state index in [-0.39, 0.29) is 22.0 Å². The molecule has 2 aromatic carbocycles. The summed E-state index contributed by atoms with van der Waals surface area (Å²) in [7, 11) is 0. The predicted octanol–water partition coefficient (Wildman–Crippen LogP) is 4.58. The molecule has 0 fully saturated rings. The van der Waals surface area contributed by atoms with Gasteiger partial charge in [-0.2, -0.15) is 13.2 Å². The molecule has 31 heavy (non-hydrogen) atoms. The minimum Gasteiger partial charge on any atom is -0.484 e. The summed E-state index contributed by atoms with van der Waals surface area (Å²) in [5.74, 6) is -1.74. The Bertz CT molecular complexity index is 998. The zero-order chi connectivity index (χ0) is 23.2. The number of alkyl halides is 3. The van der Waals surface area contributed by atoms with E-state index in [9.17, 15) is 32.9 Å². The van der Waals surface area contributed by atoms with E-state index in [1.54, 1.807) is 0 Å². The fraction of sp³-hybridized carbons (Fsp3) is 0.263. The van der Waals surface area contributed by atoms with Crippen molar-refractivity contribution in [1.82, 2.24) is 5.32 Å². The van der Waals surface area contributed by atoms with Crippen molar-refractivity contribution in [2.75, 3.05) is 18.5 Å². The summed E-state index contributed by atoms with van der Waals surface area (Å²) < 4.78 is 41.6. The Hall–Kier alpha value is -3.34. The van der Waals surface area contributed by atoms with Crippen LogP contribution in [0.2, 0.25) is 5.02 Å². The SMILES string of the molecule is CCCNC(=O)c1ccc(NC(=O)c2cc(OCC(F)(F)F)ccc2[N+](=O)[O-])cc1Cl. The van der Waals surface area contributed by atoms with Crippen LogP contribution >= 0.6 is 11.6 Å². The van der Waals surface area contributed by atoms with Gasteiger partial charge < -0.3 is 15.4 Å². The number of anilines is 1. The Balaban J connectivity index is 2.24. The van der Waals surface area contributed by atoms with Gasteiger partial charge in [0.2, 0.25) is 0 Å². The Morgan fingerprint density at radius 1 is 1.13 bits per heavy atom. The molecule has 2 N–H and O–H groups in total. The van der Waals surface area contributed by atoms with Crippen LogP contribution < -0.4 is 15.4 Å². The minimum atomic E-state index is -4.62. The second-order valence-corrected chi connectivity index (χ2v) is 6.65. The maximum atomic E-state index is 12.5. The van der Waals surface area contributed by atoms with Crippen molar-refractivity contribution in [3.8, 4) is 5.75 Å². The van der Waals surface area contributed by atoms with Crippen molar-refractivity contribution in [3.63, 3.8) is 0 Å². The lowest BCUT2D eigenvalue weighted by Crippen LogP contribution is -2.24. The summed E-state index contributed by atoms with van der Waals surface area (Å²) in [5.41, 5.74) is -0.844. The first-order valence-corrected chi connectivity index (χ1v) is 9.26. The minimum absolute atomic E-state index is 0.0307. The van der Waals surface area contributed by atoms with Crippen LogP contribution in [-0.4, -0.2) is 36.1 Å². The lowest BCUT2D eigenvalue weighted by molar-refractivity contribution is -0.385. The smallest absolute Gasteiger partial charge is 0.422 e. The van der Waals surface area contributed by atoms with Crippen LogP contribution in [0.5, 0.6) is 5.75 Å². The quantitative estimate of drug-likeness (QED) is 0.443. The fourth-order valence-corrected chi connectivity index (χ4v) is 2.69. The van der Waals surface area contributed by atoms with Crippen molar-refractivity contribution >= 4 is 34.8 Å². The highest BCUT2D eigenvalue weighted by molar-refractivity contribution is 6.34. The van der Waals surface area contributed by atoms with Gasteiger partial charge in [-0.05, 0) is 36.8 Å². The van der Waals surface area contributed by atoms with E-state index in [1.807, 2.05) is 6.92 Å². The standard InChI is InChI=1S/C19H17ClF3N3O5/c1-2-7-24-17(27)13-5-3-11(8-15(13)20)25-18(28)14-9-12(31-10-19(21,22)23)4-6-16(14)26(29)30/h3-6,8-9H,2,7,10H2,1H3,(H,24,27)(H,25,28). The maximum absolute atomic E-state index is 12.5. The van der Waals surface area contributed by atoms with Gasteiger partial charge in [0.1, 0.15) is 11.3 Å². The molecule has 0 saturated heterocycles. The molecule has 0 radical (unpaired) electrons. The molecule has 2 amide bonds. The number of nitrogens with zero attached hydrogens (tertiary/aromatic N) is 1. The molecule has 12 heteroatoms. The first-order chi connectivity index (χ1) is 14.5. The first kappa shape index (κ1) is 23.9. The first-order valence-electron chi connectivity index (χ1n) is 8.89. The van der Waals surface area contributed by atoms with Crippen LogP contribution in [0.4, 0.5) is 24.5 Å². The Labute approximate surface area is 179 Å². The molecular formula is C19H17ClF3N3O5. The van der Waals surface area contributed by atoms with Crippen molar-refractivity contribution in [2.45, 2.75) is 19.5 Å². The van der Waals surface area contributed by atoms with Gasteiger partial charge >= 0.3 is 6.18 Å². The number of benzene rings is 2. The molecule has 0 aromatic heterocycles. The zero-order valence-electron chi connectivity index (χ0n) is 16.1. The van der Waals surface area contributed by atoms with Crippen LogP contribution in [0.15, 0.2) is 36.4 Å². The number of ether oxygens (including phenoxy) is 1. The molecule has 0 aliphatic rings. The van der Waals surface area contributed by atoms with E-state index in [1.165, 1.54) is 18.2 Å². The fourth-order valence-electron chi connectivity index (χ4n) is 2.42. The van der Waals surface area contributed by atoms with Crippen LogP contribution in [0, 0.1) is 10.1 Å². The van der Waals surface area contributed by atoms with E-state index in [0.717, 1.165) is 24.6 Å². The molecule has 0 spiro atoms. The predicted molar refractivity (Wildman–Crippen MR) is 107 cm³/mol. The molecule has 8 nitrogen and oxygen atoms in total. The van der Waals surface area contributed by atoms with Crippen LogP contribution in [0.1, 0.15) is 34.1 Å². The highest BCUT2D eigenvalue weighted by Gasteiger charge is 2.29. The molecule has 0 bridgehead atoms. The van der Waals surface area contributed by atoms with Gasteiger partial charge in [0.05, 0.1) is 15.5 Å². The second kappa shape index (κ2) is 10.1. The molecule has 0 aliphatic carbocycles. The van der Waals surface area contributed by atoms with Gasteiger partial charge in [-0.1, -0.05) is 18.5 Å². The van der Waals surface area contributed by atoms with E-state index < -0.39 is 40.8 Å². The number of hydrogen-bond acceptors (Lipinski definition) is 5. The number of halogens is 4. The van der Waals surface area contributed by atoms with E-state index in [2.05, 4.69) is 15.4 Å². The molecule has 0 atom stereocenters. The van der Waals surface area contributed by atoms with Gasteiger partial charge in [-0.15, -0.1) is 0 Å². The summed E-state index contributed by atoms with van der Waals surface area (Å²) >= 11 is 6.08. The van der Waals surface area contributed by atoms with Gasteiger partial charge in [0.15, 0.2) is 6.61 Å². The highest BCUT2D eigenvalue weighted by Crippen LogP contribution is 2.27. The molecule has 166 valence electrons. The van der Waals surface area contributed by atoms with E-state index in [0.29, 0.717) is 6.54 Å². The summed E-state index contributed by atoms with van der Waals surface area (Å²) in [5, 5.41) is 16.2. The monoisotopic (exact) mass is 459 g/mol. The van der Waals surface area contributed by atoms with Crippen LogP contribution in [0.3, 0.4) is 0 Å². The zero-order valence-corrected chi connectivity index (χ0v) is 16.8. The van der Waals surface area contributed by atoms with Crippen molar-refractivity contribution in [2.24, 2.45) is 0 Å². The van der Waals surface area contributed by atoms with Gasteiger partial charge in [-0.3, -0.25) is 19.7 Å². The van der Waals surface area contributed by atoms with E-state index in [4.69, 9.17) is 11.6 Å². The lowest BCUT2D eigenvalue weighted by atomic mass is 10.1. The number of nitro groups is 1. The Morgan fingerprint density at radius 2 is 1.84 bits per heavy atom. The third-order valence-electron chi connectivity index (χ3n) is 3.82. The number of nitro benzene ring substituents is 1. The Morgan fingerprint density at radius 3 is 2.42 bits per heavy atom. The number of amides is 2. The van der Waals surface area contributed by atoms with Gasteiger partial charge in [0, 0.05) is 18.3 Å². The summed E-state index contributed by atoms with van der Waals surface area (Å²) in [6, 6.07) is 6.67. The van der Waals surface area contributed by atoms with Gasteiger partial charge in [0.25, 0.3) is 17.5 Å². The molecule has 0 saturated carbocycles. The molecule has 0 heterocycles. The average molecular weight is 460 g/mol. The van der Waals surface area contributed by atoms with Gasteiger partial charge in [-0.25, -0.2) is 0 Å². The number of rotatable bonds is 8. The average Bonchev–Trinajstić information content (AvgIpc) is 2.69. The number of carbonyl (C=O) groups excluding carboxylic acids is 2. The molecule has 0 unspecified atom stereocenters. The van der Waals surface area contributed by atoms with Crippen LogP contribution in [0.25, 0.3) is 0 Å². The van der Waals surface area contributed by atoms with E-state index >= 15 is 0 Å². The number of nitrogens with one attached hydrogen (secondary N) is 2. The third kappa shape index (κ3) is 6.85. The largest absolute Gasteiger partial charge is 0.484 e. The molecular weight excluding hydrogens is 443 g/mol. The second-order valence-electron chi connectivity index (χ2n) is 6.24.